The molecule has 0 spiro atoms. The largest absolute Gasteiger partial charge is 0.484 e. The van der Waals surface area contributed by atoms with E-state index < -0.39 is 5.82 Å². The molecule has 0 unspecified atom stereocenters. The van der Waals surface area contributed by atoms with Gasteiger partial charge < -0.3 is 15.2 Å². The zero-order valence-corrected chi connectivity index (χ0v) is 11.4. The summed E-state index contributed by atoms with van der Waals surface area (Å²) in [5.41, 5.74) is 0. The summed E-state index contributed by atoms with van der Waals surface area (Å²) in [5.74, 6) is -0.382. The van der Waals surface area contributed by atoms with Crippen molar-refractivity contribution in [2.24, 2.45) is 5.92 Å². The molecule has 1 aromatic rings. The molecule has 2 N–H and O–H groups in total. The minimum absolute atomic E-state index is 0.0487. The van der Waals surface area contributed by atoms with E-state index in [-0.39, 0.29) is 36.1 Å². The molecule has 0 fully saturated rings. The normalized spacial score (nSPS) is 20.9. The van der Waals surface area contributed by atoms with Crippen molar-refractivity contribution in [1.29, 1.82) is 0 Å². The number of ether oxygens (including phenoxy) is 1. The quantitative estimate of drug-likeness (QED) is 0.817. The summed E-state index contributed by atoms with van der Waals surface area (Å²) in [7, 11) is 0. The standard InChI is InChI=1S/C14H15ClFNO3/c15-12-6-11(3-4-13(12)16)20-8-14(19)17-10-2-1-9(5-10)7-18/h1-4,6,9-10,18H,5,7-8H2,(H,17,19)/t9-,10+/m0/s1. The molecule has 108 valence electrons. The molecule has 4 nitrogen and oxygen atoms in total. The summed E-state index contributed by atoms with van der Waals surface area (Å²) < 4.78 is 18.2. The Morgan fingerprint density at radius 3 is 2.95 bits per heavy atom. The van der Waals surface area contributed by atoms with E-state index in [1.807, 2.05) is 12.2 Å². The lowest BCUT2D eigenvalue weighted by Gasteiger charge is -2.13. The van der Waals surface area contributed by atoms with Crippen molar-refractivity contribution >= 4 is 17.5 Å². The number of aliphatic hydroxyl groups excluding tert-OH is 1. The fraction of sp³-hybridized carbons (Fsp3) is 0.357. The maximum atomic E-state index is 12.9. The predicted molar refractivity (Wildman–Crippen MR) is 73.2 cm³/mol. The van der Waals surface area contributed by atoms with Crippen LogP contribution in [0.25, 0.3) is 0 Å². The Morgan fingerprint density at radius 2 is 2.30 bits per heavy atom. The first-order valence-electron chi connectivity index (χ1n) is 6.25. The monoisotopic (exact) mass is 299 g/mol. The average molecular weight is 300 g/mol. The van der Waals surface area contributed by atoms with Crippen molar-refractivity contribution in [2.75, 3.05) is 13.2 Å². The minimum atomic E-state index is -0.533. The smallest absolute Gasteiger partial charge is 0.258 e. The van der Waals surface area contributed by atoms with Gasteiger partial charge in [0.2, 0.25) is 0 Å². The van der Waals surface area contributed by atoms with E-state index >= 15 is 0 Å². The Balaban J connectivity index is 1.78. The summed E-state index contributed by atoms with van der Waals surface area (Å²) in [5, 5.41) is 11.7. The maximum absolute atomic E-state index is 12.9. The molecule has 0 aliphatic heterocycles. The topological polar surface area (TPSA) is 58.6 Å². The molecule has 0 heterocycles. The number of hydrogen-bond acceptors (Lipinski definition) is 3. The molecular formula is C14H15ClFNO3. The number of halogens is 2. The summed E-state index contributed by atoms with van der Waals surface area (Å²) in [6.07, 6.45) is 4.42. The third-order valence-electron chi connectivity index (χ3n) is 3.01. The van der Waals surface area contributed by atoms with Crippen LogP contribution in [0.2, 0.25) is 5.02 Å². The van der Waals surface area contributed by atoms with E-state index in [1.54, 1.807) is 0 Å². The lowest BCUT2D eigenvalue weighted by molar-refractivity contribution is -0.123. The van der Waals surface area contributed by atoms with E-state index in [0.29, 0.717) is 12.2 Å². The van der Waals surface area contributed by atoms with Crippen LogP contribution < -0.4 is 10.1 Å². The van der Waals surface area contributed by atoms with Crippen LogP contribution in [-0.2, 0) is 4.79 Å². The van der Waals surface area contributed by atoms with Crippen LogP contribution in [0, 0.1) is 11.7 Å². The van der Waals surface area contributed by atoms with E-state index in [1.165, 1.54) is 18.2 Å². The zero-order chi connectivity index (χ0) is 14.5. The number of amides is 1. The minimum Gasteiger partial charge on any atom is -0.484 e. The third kappa shape index (κ3) is 3.95. The molecule has 6 heteroatoms. The Bertz CT molecular complexity index is 521. The molecule has 1 aromatic carbocycles. The number of rotatable bonds is 5. The summed E-state index contributed by atoms with van der Waals surface area (Å²) in [6.45, 7) is -0.0937. The highest BCUT2D eigenvalue weighted by atomic mass is 35.5. The van der Waals surface area contributed by atoms with Crippen LogP contribution >= 0.6 is 11.6 Å². The van der Waals surface area contributed by atoms with Crippen molar-refractivity contribution < 1.29 is 19.0 Å². The SMILES string of the molecule is O=C(COc1ccc(F)c(Cl)c1)N[C@@H]1C=C[C@H](CO)C1. The van der Waals surface area contributed by atoms with Crippen LogP contribution in [0.4, 0.5) is 4.39 Å². The summed E-state index contributed by atoms with van der Waals surface area (Å²) in [4.78, 5) is 11.7. The second-order valence-corrected chi connectivity index (χ2v) is 5.01. The summed E-state index contributed by atoms with van der Waals surface area (Å²) >= 11 is 5.61. The zero-order valence-electron chi connectivity index (χ0n) is 10.7. The van der Waals surface area contributed by atoms with Gasteiger partial charge in [-0.25, -0.2) is 4.39 Å². The van der Waals surface area contributed by atoms with Gasteiger partial charge in [-0.1, -0.05) is 23.8 Å². The molecule has 0 bridgehead atoms. The Morgan fingerprint density at radius 1 is 1.50 bits per heavy atom. The van der Waals surface area contributed by atoms with E-state index in [9.17, 15) is 9.18 Å². The first-order chi connectivity index (χ1) is 9.58. The fourth-order valence-corrected chi connectivity index (χ4v) is 2.15. The Labute approximate surface area is 121 Å². The molecule has 1 aliphatic carbocycles. The van der Waals surface area contributed by atoms with Crippen LogP contribution in [0.3, 0.4) is 0 Å². The molecule has 0 saturated carbocycles. The van der Waals surface area contributed by atoms with E-state index in [0.717, 1.165) is 0 Å². The highest BCUT2D eigenvalue weighted by Crippen LogP contribution is 2.21. The number of aliphatic hydroxyl groups is 1. The number of nitrogens with one attached hydrogen (secondary N) is 1. The van der Waals surface area contributed by atoms with Crippen LogP contribution in [0.1, 0.15) is 6.42 Å². The van der Waals surface area contributed by atoms with Crippen molar-refractivity contribution in [2.45, 2.75) is 12.5 Å². The van der Waals surface area contributed by atoms with Gasteiger partial charge in [0.15, 0.2) is 6.61 Å². The lowest BCUT2D eigenvalue weighted by atomic mass is 10.1. The van der Waals surface area contributed by atoms with Gasteiger partial charge >= 0.3 is 0 Å². The van der Waals surface area contributed by atoms with Gasteiger partial charge in [0.1, 0.15) is 11.6 Å². The molecule has 0 aromatic heterocycles. The van der Waals surface area contributed by atoms with Gasteiger partial charge in [-0.05, 0) is 18.6 Å². The number of benzene rings is 1. The fourth-order valence-electron chi connectivity index (χ4n) is 1.98. The molecule has 0 radical (unpaired) electrons. The van der Waals surface area contributed by atoms with Gasteiger partial charge in [0.05, 0.1) is 5.02 Å². The summed E-state index contributed by atoms with van der Waals surface area (Å²) in [6, 6.07) is 3.83. The molecule has 2 rings (SSSR count). The van der Waals surface area contributed by atoms with Crippen molar-refractivity contribution in [3.05, 3.63) is 41.2 Å². The molecular weight excluding hydrogens is 285 g/mol. The highest BCUT2D eigenvalue weighted by Gasteiger charge is 2.19. The van der Waals surface area contributed by atoms with Crippen molar-refractivity contribution in [1.82, 2.24) is 5.32 Å². The van der Waals surface area contributed by atoms with Gasteiger partial charge in [-0.15, -0.1) is 0 Å². The number of carbonyl (C=O) groups is 1. The van der Waals surface area contributed by atoms with Crippen molar-refractivity contribution in [3.8, 4) is 5.75 Å². The average Bonchev–Trinajstić information content (AvgIpc) is 2.88. The van der Waals surface area contributed by atoms with Crippen molar-refractivity contribution in [3.63, 3.8) is 0 Å². The lowest BCUT2D eigenvalue weighted by Crippen LogP contribution is -2.36. The van der Waals surface area contributed by atoms with Crippen LogP contribution in [-0.4, -0.2) is 30.3 Å². The van der Waals surface area contributed by atoms with Crippen LogP contribution in [0.15, 0.2) is 30.4 Å². The van der Waals surface area contributed by atoms with Crippen LogP contribution in [0.5, 0.6) is 5.75 Å². The van der Waals surface area contributed by atoms with Gasteiger partial charge in [-0.3, -0.25) is 4.79 Å². The molecule has 1 amide bonds. The molecule has 20 heavy (non-hydrogen) atoms. The van der Waals surface area contributed by atoms with Gasteiger partial charge in [-0.2, -0.15) is 0 Å². The number of hydrogen-bond donors (Lipinski definition) is 2. The predicted octanol–water partition coefficient (Wildman–Crippen LogP) is 1.91. The molecule has 2 atom stereocenters. The van der Waals surface area contributed by atoms with Gasteiger partial charge in [0.25, 0.3) is 5.91 Å². The van der Waals surface area contributed by atoms with Gasteiger partial charge in [0, 0.05) is 24.6 Å². The first-order valence-corrected chi connectivity index (χ1v) is 6.62. The number of carbonyl (C=O) groups excluding carboxylic acids is 1. The van der Waals surface area contributed by atoms with E-state index in [4.69, 9.17) is 21.4 Å². The maximum Gasteiger partial charge on any atom is 0.258 e. The second-order valence-electron chi connectivity index (χ2n) is 4.60. The Hall–Kier alpha value is -1.59. The highest BCUT2D eigenvalue weighted by molar-refractivity contribution is 6.30. The van der Waals surface area contributed by atoms with E-state index in [2.05, 4.69) is 5.32 Å². The Kier molecular flexibility index (Phi) is 4.98. The second kappa shape index (κ2) is 6.72. The molecule has 0 saturated heterocycles. The third-order valence-corrected chi connectivity index (χ3v) is 3.30. The molecule has 1 aliphatic rings. The first kappa shape index (κ1) is 14.8.